The summed E-state index contributed by atoms with van der Waals surface area (Å²) >= 11 is 0. The molecule has 3 nitrogen and oxygen atoms in total. The summed E-state index contributed by atoms with van der Waals surface area (Å²) in [4.78, 5) is 0. The number of aryl methyl sites for hydroxylation is 1. The molecule has 0 saturated carbocycles. The normalized spacial score (nSPS) is 11.3. The number of rotatable bonds is 5. The number of benzene rings is 1. The Morgan fingerprint density at radius 1 is 1.27 bits per heavy atom. The smallest absolute Gasteiger partial charge is 0.232 e. The number of hydrogen-bond donors (Lipinski definition) is 0. The monoisotopic (exact) mass is 248 g/mol. The second kappa shape index (κ2) is 5.37. The van der Waals surface area contributed by atoms with Gasteiger partial charge in [0, 0.05) is 10.7 Å². The lowest BCUT2D eigenvalue weighted by Crippen LogP contribution is -2.04. The lowest BCUT2D eigenvalue weighted by molar-refractivity contribution is 0.318. The van der Waals surface area contributed by atoms with Gasteiger partial charge in [-0.05, 0) is 25.5 Å². The molecule has 0 spiro atoms. The fourth-order valence-corrected chi connectivity index (χ4v) is 1.85. The number of halogens is 1. The molecule has 1 aromatic rings. The highest BCUT2D eigenvalue weighted by Gasteiger charge is 2.04. The van der Waals surface area contributed by atoms with E-state index in [-0.39, 0.29) is 5.75 Å². The molecule has 0 amide bonds. The summed E-state index contributed by atoms with van der Waals surface area (Å²) in [7, 11) is 1.66. The van der Waals surface area contributed by atoms with E-state index in [1.165, 1.54) is 0 Å². The highest BCUT2D eigenvalue weighted by atomic mass is 35.7. The molecule has 0 unspecified atom stereocenters. The molecule has 5 heteroatoms. The van der Waals surface area contributed by atoms with Crippen LogP contribution in [-0.2, 0) is 9.05 Å². The Morgan fingerprint density at radius 2 is 1.87 bits per heavy atom. The van der Waals surface area contributed by atoms with Gasteiger partial charge in [0.25, 0.3) is 0 Å². The molecule has 0 heterocycles. The Hall–Kier alpha value is -0.740. The molecule has 0 aliphatic carbocycles. The SMILES string of the molecule is Cc1ccc(OCCCS(=O)(=O)Cl)cc1. The zero-order valence-corrected chi connectivity index (χ0v) is 10.0. The lowest BCUT2D eigenvalue weighted by atomic mass is 10.2. The van der Waals surface area contributed by atoms with Crippen molar-refractivity contribution in [2.75, 3.05) is 12.4 Å². The van der Waals surface area contributed by atoms with Crippen LogP contribution in [-0.4, -0.2) is 20.8 Å². The van der Waals surface area contributed by atoms with Gasteiger partial charge in [-0.25, -0.2) is 8.42 Å². The van der Waals surface area contributed by atoms with Crippen LogP contribution in [0, 0.1) is 6.92 Å². The molecule has 84 valence electrons. The van der Waals surface area contributed by atoms with Crippen molar-refractivity contribution >= 4 is 19.7 Å². The third-order valence-electron chi connectivity index (χ3n) is 1.82. The van der Waals surface area contributed by atoms with E-state index >= 15 is 0 Å². The molecule has 0 aromatic heterocycles. The summed E-state index contributed by atoms with van der Waals surface area (Å²) in [5.74, 6) is 0.688. The zero-order valence-electron chi connectivity index (χ0n) is 8.44. The number of hydrogen-bond acceptors (Lipinski definition) is 3. The highest BCUT2D eigenvalue weighted by molar-refractivity contribution is 8.13. The molecule has 0 atom stereocenters. The lowest BCUT2D eigenvalue weighted by Gasteiger charge is -2.05. The van der Waals surface area contributed by atoms with Gasteiger partial charge in [0.2, 0.25) is 9.05 Å². The van der Waals surface area contributed by atoms with E-state index in [0.29, 0.717) is 13.0 Å². The molecule has 0 aliphatic heterocycles. The molecule has 0 fully saturated rings. The van der Waals surface area contributed by atoms with Gasteiger partial charge in [0.1, 0.15) is 5.75 Å². The molecule has 0 N–H and O–H groups in total. The van der Waals surface area contributed by atoms with E-state index in [0.717, 1.165) is 11.3 Å². The summed E-state index contributed by atoms with van der Waals surface area (Å²) in [6.07, 6.45) is 0.402. The van der Waals surface area contributed by atoms with E-state index in [1.807, 2.05) is 31.2 Å². The van der Waals surface area contributed by atoms with Crippen molar-refractivity contribution in [3.8, 4) is 5.75 Å². The first-order valence-electron chi connectivity index (χ1n) is 4.59. The first-order chi connectivity index (χ1) is 6.97. The van der Waals surface area contributed by atoms with Crippen LogP contribution in [0.4, 0.5) is 0 Å². The second-order valence-electron chi connectivity index (χ2n) is 3.26. The molecule has 0 saturated heterocycles. The van der Waals surface area contributed by atoms with Crippen molar-refractivity contribution in [1.82, 2.24) is 0 Å². The molecule has 0 bridgehead atoms. The van der Waals surface area contributed by atoms with Gasteiger partial charge >= 0.3 is 0 Å². The van der Waals surface area contributed by atoms with E-state index in [4.69, 9.17) is 15.4 Å². The summed E-state index contributed by atoms with van der Waals surface area (Å²) < 4.78 is 26.5. The first-order valence-corrected chi connectivity index (χ1v) is 7.07. The minimum atomic E-state index is -3.39. The largest absolute Gasteiger partial charge is 0.494 e. The Morgan fingerprint density at radius 3 is 2.40 bits per heavy atom. The van der Waals surface area contributed by atoms with Gasteiger partial charge in [-0.15, -0.1) is 0 Å². The maximum Gasteiger partial charge on any atom is 0.232 e. The minimum absolute atomic E-state index is 0.0551. The quantitative estimate of drug-likeness (QED) is 0.593. The van der Waals surface area contributed by atoms with Crippen molar-refractivity contribution in [3.63, 3.8) is 0 Å². The minimum Gasteiger partial charge on any atom is -0.494 e. The summed E-state index contributed by atoms with van der Waals surface area (Å²) in [5.41, 5.74) is 1.16. The maximum atomic E-state index is 10.6. The topological polar surface area (TPSA) is 43.4 Å². The van der Waals surface area contributed by atoms with Crippen LogP contribution in [0.15, 0.2) is 24.3 Å². The molecule has 0 radical (unpaired) electrons. The van der Waals surface area contributed by atoms with Crippen molar-refractivity contribution in [3.05, 3.63) is 29.8 Å². The first kappa shape index (κ1) is 12.3. The van der Waals surface area contributed by atoms with Crippen LogP contribution in [0.2, 0.25) is 0 Å². The van der Waals surface area contributed by atoms with Gasteiger partial charge in [0.05, 0.1) is 12.4 Å². The predicted octanol–water partition coefficient (Wildman–Crippen LogP) is 2.33. The van der Waals surface area contributed by atoms with Gasteiger partial charge < -0.3 is 4.74 Å². The molecule has 1 rings (SSSR count). The van der Waals surface area contributed by atoms with Crippen molar-refractivity contribution in [2.45, 2.75) is 13.3 Å². The predicted molar refractivity (Wildman–Crippen MR) is 60.9 cm³/mol. The molecule has 15 heavy (non-hydrogen) atoms. The fraction of sp³-hybridized carbons (Fsp3) is 0.400. The summed E-state index contributed by atoms with van der Waals surface area (Å²) in [5, 5.41) is 0. The van der Waals surface area contributed by atoms with Gasteiger partial charge in [-0.3, -0.25) is 0 Å². The average Bonchev–Trinajstić information content (AvgIpc) is 2.14. The van der Waals surface area contributed by atoms with E-state index in [9.17, 15) is 8.42 Å². The third kappa shape index (κ3) is 5.64. The molecular formula is C10H13ClO3S. The van der Waals surface area contributed by atoms with E-state index < -0.39 is 9.05 Å². The van der Waals surface area contributed by atoms with Gasteiger partial charge in [0.15, 0.2) is 0 Å². The third-order valence-corrected chi connectivity index (χ3v) is 3.06. The van der Waals surface area contributed by atoms with Crippen molar-refractivity contribution < 1.29 is 13.2 Å². The van der Waals surface area contributed by atoms with Crippen LogP contribution in [0.5, 0.6) is 5.75 Å². The second-order valence-corrected chi connectivity index (χ2v) is 6.15. The van der Waals surface area contributed by atoms with Gasteiger partial charge in [-0.2, -0.15) is 0 Å². The highest BCUT2D eigenvalue weighted by Crippen LogP contribution is 2.11. The average molecular weight is 249 g/mol. The zero-order chi connectivity index (χ0) is 11.3. The standard InChI is InChI=1S/C10H13ClO3S/c1-9-3-5-10(6-4-9)14-7-2-8-15(11,12)13/h3-6H,2,7-8H2,1H3. The molecular weight excluding hydrogens is 236 g/mol. The Bertz CT molecular complexity index is 397. The Balaban J connectivity index is 2.29. The molecule has 1 aromatic carbocycles. The van der Waals surface area contributed by atoms with Crippen molar-refractivity contribution in [2.24, 2.45) is 0 Å². The van der Waals surface area contributed by atoms with E-state index in [2.05, 4.69) is 0 Å². The van der Waals surface area contributed by atoms with Gasteiger partial charge in [-0.1, -0.05) is 17.7 Å². The van der Waals surface area contributed by atoms with Crippen LogP contribution < -0.4 is 4.74 Å². The van der Waals surface area contributed by atoms with Crippen LogP contribution in [0.25, 0.3) is 0 Å². The maximum absolute atomic E-state index is 10.6. The molecule has 0 aliphatic rings. The van der Waals surface area contributed by atoms with Crippen LogP contribution in [0.3, 0.4) is 0 Å². The summed E-state index contributed by atoms with van der Waals surface area (Å²) in [6, 6.07) is 7.58. The Labute approximate surface area is 94.4 Å². The van der Waals surface area contributed by atoms with Crippen molar-refractivity contribution in [1.29, 1.82) is 0 Å². The summed E-state index contributed by atoms with van der Waals surface area (Å²) in [6.45, 7) is 2.35. The fourth-order valence-electron chi connectivity index (χ4n) is 1.06. The van der Waals surface area contributed by atoms with Crippen LogP contribution in [0.1, 0.15) is 12.0 Å². The number of ether oxygens (including phenoxy) is 1. The van der Waals surface area contributed by atoms with E-state index in [1.54, 1.807) is 0 Å². The van der Waals surface area contributed by atoms with Crippen LogP contribution >= 0.6 is 10.7 Å². The Kier molecular flexibility index (Phi) is 4.42.